The van der Waals surface area contributed by atoms with Crippen molar-refractivity contribution in [3.8, 4) is 6.07 Å². The second-order valence-corrected chi connectivity index (χ2v) is 5.06. The summed E-state index contributed by atoms with van der Waals surface area (Å²) in [4.78, 5) is 0.262. The number of nitriles is 1. The first-order chi connectivity index (χ1) is 7.33. The fourth-order valence-electron chi connectivity index (χ4n) is 0.935. The third-order valence-electron chi connectivity index (χ3n) is 1.61. The van der Waals surface area contributed by atoms with Crippen molar-refractivity contribution in [3.63, 3.8) is 0 Å². The van der Waals surface area contributed by atoms with Gasteiger partial charge in [-0.2, -0.15) is 18.4 Å². The number of anilines is 1. The van der Waals surface area contributed by atoms with Crippen molar-refractivity contribution in [1.82, 2.24) is 0 Å². The number of hydrogen-bond acceptors (Lipinski definition) is 3. The number of nitrogen functional groups attached to an aromatic ring is 1. The topological polar surface area (TPSA) is 49.8 Å². The maximum atomic E-state index is 12.0. The second kappa shape index (κ2) is 5.14. The van der Waals surface area contributed by atoms with Gasteiger partial charge in [0.2, 0.25) is 0 Å². The van der Waals surface area contributed by atoms with Crippen LogP contribution in [-0.4, -0.2) is 11.9 Å². The Hall–Kier alpha value is -0.620. The molecule has 0 radical (unpaired) electrons. The van der Waals surface area contributed by atoms with Crippen molar-refractivity contribution in [1.29, 1.82) is 5.26 Å². The zero-order valence-corrected chi connectivity index (χ0v) is 10.8. The van der Waals surface area contributed by atoms with E-state index in [1.165, 1.54) is 12.1 Å². The van der Waals surface area contributed by atoms with Crippen LogP contribution in [0.15, 0.2) is 17.0 Å². The molecule has 0 saturated carbocycles. The summed E-state index contributed by atoms with van der Waals surface area (Å²) in [6, 6.07) is 4.73. The van der Waals surface area contributed by atoms with E-state index in [2.05, 4.69) is 0 Å². The van der Waals surface area contributed by atoms with Crippen LogP contribution in [0.3, 0.4) is 0 Å². The van der Waals surface area contributed by atoms with Gasteiger partial charge in [0.05, 0.1) is 11.3 Å². The largest absolute Gasteiger partial charge is 0.398 e. The van der Waals surface area contributed by atoms with Crippen molar-refractivity contribution in [2.75, 3.05) is 11.5 Å². The zero-order valence-electron chi connectivity index (χ0n) is 7.81. The summed E-state index contributed by atoms with van der Waals surface area (Å²) in [6.45, 7) is 0. The molecule has 16 heavy (non-hydrogen) atoms. The van der Waals surface area contributed by atoms with Crippen LogP contribution in [-0.2, 0) is 0 Å². The number of rotatable bonds is 2. The Labute approximate surface area is 108 Å². The van der Waals surface area contributed by atoms with E-state index in [0.717, 1.165) is 0 Å². The van der Waals surface area contributed by atoms with E-state index >= 15 is 0 Å². The lowest BCUT2D eigenvalue weighted by Gasteiger charge is -2.08. The summed E-state index contributed by atoms with van der Waals surface area (Å²) in [5.41, 5.74) is 6.17. The maximum Gasteiger partial charge on any atom is 0.398 e. The van der Waals surface area contributed by atoms with Gasteiger partial charge in [0, 0.05) is 14.2 Å². The molecule has 0 aromatic heterocycles. The molecule has 1 aromatic rings. The van der Waals surface area contributed by atoms with Gasteiger partial charge in [-0.3, -0.25) is 0 Å². The molecule has 0 fully saturated rings. The van der Waals surface area contributed by atoms with E-state index in [1.807, 2.05) is 28.7 Å². The highest BCUT2D eigenvalue weighted by Crippen LogP contribution is 2.32. The van der Waals surface area contributed by atoms with Crippen LogP contribution < -0.4 is 5.73 Å². The van der Waals surface area contributed by atoms with Crippen molar-refractivity contribution in [2.24, 2.45) is 0 Å². The van der Waals surface area contributed by atoms with Gasteiger partial charge in [-0.05, 0) is 34.7 Å². The summed E-state index contributed by atoms with van der Waals surface area (Å²) in [7, 11) is 0. The van der Waals surface area contributed by atoms with Crippen molar-refractivity contribution in [3.05, 3.63) is 21.3 Å². The molecular weight excluding hydrogens is 352 g/mol. The lowest BCUT2D eigenvalue weighted by molar-refractivity contribution is -0.105. The lowest BCUT2D eigenvalue weighted by atomic mass is 10.2. The van der Waals surface area contributed by atoms with E-state index in [1.54, 1.807) is 0 Å². The van der Waals surface area contributed by atoms with Gasteiger partial charge in [-0.25, -0.2) is 0 Å². The van der Waals surface area contributed by atoms with Crippen molar-refractivity contribution >= 4 is 40.0 Å². The summed E-state index contributed by atoms with van der Waals surface area (Å²) in [6.07, 6.45) is -4.25. The van der Waals surface area contributed by atoms with Crippen LogP contribution in [0.5, 0.6) is 0 Å². The Morgan fingerprint density at radius 2 is 2.06 bits per heavy atom. The molecule has 0 aliphatic carbocycles. The van der Waals surface area contributed by atoms with Crippen LogP contribution in [0.1, 0.15) is 5.56 Å². The van der Waals surface area contributed by atoms with Crippen LogP contribution in [0.4, 0.5) is 18.9 Å². The molecule has 2 N–H and O–H groups in total. The summed E-state index contributed by atoms with van der Waals surface area (Å²) in [5.74, 6) is -1.03. The number of nitrogens with zero attached hydrogens (tertiary/aromatic N) is 1. The fourth-order valence-corrected chi connectivity index (χ4v) is 2.19. The third kappa shape index (κ3) is 3.75. The SMILES string of the molecule is N#Cc1cc(I)c(N)cc1SCC(F)(F)F. The highest BCUT2D eigenvalue weighted by molar-refractivity contribution is 14.1. The van der Waals surface area contributed by atoms with Gasteiger partial charge >= 0.3 is 6.18 Å². The standard InChI is InChI=1S/C9H6F3IN2S/c10-9(11,12)4-16-8-2-7(15)6(13)1-5(8)3-14/h1-2H,4,15H2. The molecule has 0 unspecified atom stereocenters. The van der Waals surface area contributed by atoms with Crippen molar-refractivity contribution in [2.45, 2.75) is 11.1 Å². The zero-order chi connectivity index (χ0) is 12.3. The Balaban J connectivity index is 2.96. The maximum absolute atomic E-state index is 12.0. The Morgan fingerprint density at radius 1 is 1.44 bits per heavy atom. The molecule has 86 valence electrons. The Kier molecular flexibility index (Phi) is 4.32. The average molecular weight is 358 g/mol. The average Bonchev–Trinajstić information content (AvgIpc) is 2.18. The molecule has 1 rings (SSSR count). The highest BCUT2D eigenvalue weighted by atomic mass is 127. The normalized spacial score (nSPS) is 11.2. The summed E-state index contributed by atoms with van der Waals surface area (Å²) >= 11 is 2.50. The molecule has 0 atom stereocenters. The minimum atomic E-state index is -4.25. The number of hydrogen-bond donors (Lipinski definition) is 1. The monoisotopic (exact) mass is 358 g/mol. The smallest absolute Gasteiger partial charge is 0.398 e. The lowest BCUT2D eigenvalue weighted by Crippen LogP contribution is -2.10. The van der Waals surface area contributed by atoms with Crippen LogP contribution in [0, 0.1) is 14.9 Å². The van der Waals surface area contributed by atoms with Crippen LogP contribution >= 0.6 is 34.4 Å². The molecule has 0 heterocycles. The molecule has 0 saturated heterocycles. The molecule has 0 bridgehead atoms. The van der Waals surface area contributed by atoms with Gasteiger partial charge in [0.1, 0.15) is 6.07 Å². The predicted molar refractivity (Wildman–Crippen MR) is 65.1 cm³/mol. The summed E-state index contributed by atoms with van der Waals surface area (Å²) in [5, 5.41) is 8.77. The fraction of sp³-hybridized carbons (Fsp3) is 0.222. The predicted octanol–water partition coefficient (Wildman–Crippen LogP) is 3.40. The van der Waals surface area contributed by atoms with Gasteiger partial charge in [0.15, 0.2) is 0 Å². The molecule has 0 aliphatic heterocycles. The number of alkyl halides is 3. The Bertz CT molecular complexity index is 440. The summed E-state index contributed by atoms with van der Waals surface area (Å²) < 4.78 is 36.7. The van der Waals surface area contributed by atoms with E-state index in [4.69, 9.17) is 11.0 Å². The quantitative estimate of drug-likeness (QED) is 0.501. The van der Waals surface area contributed by atoms with Gasteiger partial charge in [-0.15, -0.1) is 11.8 Å². The molecular formula is C9H6F3IN2S. The number of benzene rings is 1. The van der Waals surface area contributed by atoms with Crippen molar-refractivity contribution < 1.29 is 13.2 Å². The molecule has 7 heteroatoms. The second-order valence-electron chi connectivity index (χ2n) is 2.89. The third-order valence-corrected chi connectivity index (χ3v) is 3.67. The van der Waals surface area contributed by atoms with Crippen LogP contribution in [0.25, 0.3) is 0 Å². The first kappa shape index (κ1) is 13.4. The Morgan fingerprint density at radius 3 is 2.56 bits per heavy atom. The van der Waals surface area contributed by atoms with E-state index in [0.29, 0.717) is 21.0 Å². The minimum Gasteiger partial charge on any atom is -0.398 e. The highest BCUT2D eigenvalue weighted by Gasteiger charge is 2.27. The molecule has 1 aromatic carbocycles. The number of nitrogens with two attached hydrogens (primary N) is 1. The van der Waals surface area contributed by atoms with Gasteiger partial charge in [-0.1, -0.05) is 0 Å². The molecule has 2 nitrogen and oxygen atoms in total. The first-order valence-corrected chi connectivity index (χ1v) is 6.08. The first-order valence-electron chi connectivity index (χ1n) is 4.02. The van der Waals surface area contributed by atoms with Gasteiger partial charge in [0.25, 0.3) is 0 Å². The molecule has 0 aliphatic rings. The van der Waals surface area contributed by atoms with E-state index in [-0.39, 0.29) is 10.5 Å². The van der Waals surface area contributed by atoms with Crippen LogP contribution in [0.2, 0.25) is 0 Å². The van der Waals surface area contributed by atoms with Gasteiger partial charge < -0.3 is 5.73 Å². The molecule has 0 spiro atoms. The van der Waals surface area contributed by atoms with E-state index in [9.17, 15) is 13.2 Å². The number of thioether (sulfide) groups is 1. The molecule has 0 amide bonds. The minimum absolute atomic E-state index is 0.216. The number of halogens is 4. The van der Waals surface area contributed by atoms with E-state index < -0.39 is 11.9 Å².